The van der Waals surface area contributed by atoms with Crippen molar-refractivity contribution in [3.05, 3.63) is 28.7 Å². The van der Waals surface area contributed by atoms with Crippen LogP contribution in [0.5, 0.6) is 5.75 Å². The lowest BCUT2D eigenvalue weighted by Gasteiger charge is -2.17. The van der Waals surface area contributed by atoms with Gasteiger partial charge in [-0.1, -0.05) is 22.0 Å². The summed E-state index contributed by atoms with van der Waals surface area (Å²) < 4.78 is 6.37. The van der Waals surface area contributed by atoms with Crippen LogP contribution >= 0.6 is 15.9 Å². The van der Waals surface area contributed by atoms with Crippen LogP contribution in [-0.2, 0) is 4.79 Å². The summed E-state index contributed by atoms with van der Waals surface area (Å²) in [5.41, 5.74) is -0.888. The molecule has 0 atom stereocenters. The van der Waals surface area contributed by atoms with E-state index in [1.807, 2.05) is 24.3 Å². The topological polar surface area (TPSA) is 58.6 Å². The van der Waals surface area contributed by atoms with E-state index in [2.05, 4.69) is 21.2 Å². The number of amides is 1. The van der Waals surface area contributed by atoms with Gasteiger partial charge in [-0.05, 0) is 32.0 Å². The van der Waals surface area contributed by atoms with Gasteiger partial charge in [0.25, 0.3) is 0 Å². The monoisotopic (exact) mass is 315 g/mol. The molecule has 0 saturated carbocycles. The number of nitrogens with one attached hydrogen (secondary N) is 1. The van der Waals surface area contributed by atoms with Crippen molar-refractivity contribution in [2.24, 2.45) is 0 Å². The molecular formula is C13H18BrNO3. The zero-order valence-corrected chi connectivity index (χ0v) is 12.2. The Kier molecular flexibility index (Phi) is 5.62. The average Bonchev–Trinajstić information content (AvgIpc) is 2.25. The highest BCUT2D eigenvalue weighted by molar-refractivity contribution is 9.10. The summed E-state index contributed by atoms with van der Waals surface area (Å²) in [7, 11) is 0. The Bertz CT molecular complexity index is 401. The fourth-order valence-corrected chi connectivity index (χ4v) is 1.60. The molecule has 0 bridgehead atoms. The number of hydrogen-bond acceptors (Lipinski definition) is 3. The van der Waals surface area contributed by atoms with Crippen molar-refractivity contribution in [2.75, 3.05) is 13.2 Å². The van der Waals surface area contributed by atoms with E-state index in [-0.39, 0.29) is 18.9 Å². The largest absolute Gasteiger partial charge is 0.493 e. The smallest absolute Gasteiger partial charge is 0.223 e. The van der Waals surface area contributed by atoms with Crippen LogP contribution in [0.3, 0.4) is 0 Å². The molecule has 0 unspecified atom stereocenters. The van der Waals surface area contributed by atoms with E-state index in [9.17, 15) is 9.90 Å². The van der Waals surface area contributed by atoms with Crippen LogP contribution in [0.4, 0.5) is 0 Å². The fourth-order valence-electron chi connectivity index (χ4n) is 1.22. The first kappa shape index (κ1) is 15.0. The van der Waals surface area contributed by atoms with Crippen LogP contribution in [-0.4, -0.2) is 29.8 Å². The molecule has 1 aromatic rings. The summed E-state index contributed by atoms with van der Waals surface area (Å²) in [6.45, 7) is 3.84. The lowest BCUT2D eigenvalue weighted by atomic mass is 10.1. The third-order valence-electron chi connectivity index (χ3n) is 2.11. The van der Waals surface area contributed by atoms with Gasteiger partial charge in [0.1, 0.15) is 5.75 Å². The van der Waals surface area contributed by atoms with E-state index in [1.54, 1.807) is 13.8 Å². The summed E-state index contributed by atoms with van der Waals surface area (Å²) >= 11 is 3.34. The van der Waals surface area contributed by atoms with Gasteiger partial charge in [0, 0.05) is 11.0 Å². The van der Waals surface area contributed by atoms with Crippen LogP contribution in [0.15, 0.2) is 28.7 Å². The number of benzene rings is 1. The minimum atomic E-state index is -0.888. The highest BCUT2D eigenvalue weighted by atomic mass is 79.9. The molecule has 1 aromatic carbocycles. The molecule has 4 nitrogen and oxygen atoms in total. The van der Waals surface area contributed by atoms with Gasteiger partial charge in [0.15, 0.2) is 0 Å². The lowest BCUT2D eigenvalue weighted by Crippen LogP contribution is -2.38. The van der Waals surface area contributed by atoms with Crippen LogP contribution in [0.2, 0.25) is 0 Å². The summed E-state index contributed by atoms with van der Waals surface area (Å²) in [6, 6.07) is 7.45. The molecule has 0 radical (unpaired) electrons. The molecule has 0 aliphatic rings. The van der Waals surface area contributed by atoms with Gasteiger partial charge in [-0.2, -0.15) is 0 Å². The Morgan fingerprint density at radius 2 is 2.22 bits per heavy atom. The van der Waals surface area contributed by atoms with Gasteiger partial charge in [0.2, 0.25) is 5.91 Å². The second-order valence-electron chi connectivity index (χ2n) is 4.65. The van der Waals surface area contributed by atoms with Crippen LogP contribution in [0.25, 0.3) is 0 Å². The minimum absolute atomic E-state index is 0.132. The number of rotatable bonds is 6. The number of aliphatic hydroxyl groups is 1. The van der Waals surface area contributed by atoms with Crippen LogP contribution in [0.1, 0.15) is 20.3 Å². The molecule has 5 heteroatoms. The van der Waals surface area contributed by atoms with Gasteiger partial charge in [-0.3, -0.25) is 4.79 Å². The van der Waals surface area contributed by atoms with Crippen molar-refractivity contribution in [3.8, 4) is 5.75 Å². The first-order valence-electron chi connectivity index (χ1n) is 5.74. The van der Waals surface area contributed by atoms with Crippen molar-refractivity contribution in [3.63, 3.8) is 0 Å². The summed E-state index contributed by atoms with van der Waals surface area (Å²) in [6.07, 6.45) is 0.266. The van der Waals surface area contributed by atoms with Gasteiger partial charge >= 0.3 is 0 Å². The molecule has 0 saturated heterocycles. The van der Waals surface area contributed by atoms with Crippen molar-refractivity contribution in [1.82, 2.24) is 5.32 Å². The van der Waals surface area contributed by atoms with Crippen molar-refractivity contribution < 1.29 is 14.6 Å². The maximum absolute atomic E-state index is 11.4. The molecule has 100 valence electrons. The third kappa shape index (κ3) is 6.61. The second-order valence-corrected chi connectivity index (χ2v) is 5.56. The predicted octanol–water partition coefficient (Wildman–Crippen LogP) is 2.11. The Balaban J connectivity index is 2.23. The summed E-state index contributed by atoms with van der Waals surface area (Å²) in [5, 5.41) is 12.1. The van der Waals surface area contributed by atoms with Gasteiger partial charge in [0.05, 0.1) is 18.6 Å². The molecule has 0 aliphatic carbocycles. The number of carbonyl (C=O) groups is 1. The molecular weight excluding hydrogens is 298 g/mol. The average molecular weight is 316 g/mol. The summed E-state index contributed by atoms with van der Waals surface area (Å²) in [4.78, 5) is 11.4. The van der Waals surface area contributed by atoms with E-state index in [0.717, 1.165) is 10.2 Å². The number of ether oxygens (including phenoxy) is 1. The van der Waals surface area contributed by atoms with E-state index >= 15 is 0 Å². The normalized spacial score (nSPS) is 11.1. The fraction of sp³-hybridized carbons (Fsp3) is 0.462. The number of carbonyl (C=O) groups excluding carboxylic acids is 1. The second kappa shape index (κ2) is 6.75. The molecule has 1 amide bonds. The zero-order valence-electron chi connectivity index (χ0n) is 10.6. The molecule has 0 aromatic heterocycles. The first-order valence-corrected chi connectivity index (χ1v) is 6.53. The molecule has 0 aliphatic heterocycles. The quantitative estimate of drug-likeness (QED) is 0.845. The van der Waals surface area contributed by atoms with Crippen molar-refractivity contribution in [1.29, 1.82) is 0 Å². The zero-order chi connectivity index (χ0) is 13.6. The highest BCUT2D eigenvalue weighted by Gasteiger charge is 2.13. The van der Waals surface area contributed by atoms with Crippen LogP contribution in [0, 0.1) is 0 Å². The van der Waals surface area contributed by atoms with Gasteiger partial charge in [-0.25, -0.2) is 0 Å². The lowest BCUT2D eigenvalue weighted by molar-refractivity contribution is -0.122. The SMILES string of the molecule is CC(C)(O)CNC(=O)CCOc1cccc(Br)c1. The third-order valence-corrected chi connectivity index (χ3v) is 2.61. The maximum atomic E-state index is 11.4. The van der Waals surface area contributed by atoms with E-state index in [0.29, 0.717) is 6.61 Å². The van der Waals surface area contributed by atoms with Gasteiger partial charge < -0.3 is 15.2 Å². The minimum Gasteiger partial charge on any atom is -0.493 e. The number of halogens is 1. The molecule has 0 spiro atoms. The predicted molar refractivity (Wildman–Crippen MR) is 73.6 cm³/mol. The number of hydrogen-bond donors (Lipinski definition) is 2. The van der Waals surface area contributed by atoms with Gasteiger partial charge in [-0.15, -0.1) is 0 Å². The van der Waals surface area contributed by atoms with E-state index in [1.165, 1.54) is 0 Å². The highest BCUT2D eigenvalue weighted by Crippen LogP contribution is 2.17. The molecule has 1 rings (SSSR count). The van der Waals surface area contributed by atoms with E-state index < -0.39 is 5.60 Å². The Morgan fingerprint density at radius 1 is 1.50 bits per heavy atom. The van der Waals surface area contributed by atoms with Crippen LogP contribution < -0.4 is 10.1 Å². The standard InChI is InChI=1S/C13H18BrNO3/c1-13(2,17)9-15-12(16)6-7-18-11-5-3-4-10(14)8-11/h3-5,8,17H,6-7,9H2,1-2H3,(H,15,16). The molecule has 2 N–H and O–H groups in total. The van der Waals surface area contributed by atoms with E-state index in [4.69, 9.17) is 4.74 Å². The molecule has 0 fully saturated rings. The Labute approximate surface area is 115 Å². The van der Waals surface area contributed by atoms with Crippen molar-refractivity contribution >= 4 is 21.8 Å². The Morgan fingerprint density at radius 3 is 2.83 bits per heavy atom. The Hall–Kier alpha value is -1.07. The summed E-state index contributed by atoms with van der Waals surface area (Å²) in [5.74, 6) is 0.590. The molecule has 0 heterocycles. The first-order chi connectivity index (χ1) is 8.37. The van der Waals surface area contributed by atoms with Crippen molar-refractivity contribution in [2.45, 2.75) is 25.9 Å². The molecule has 18 heavy (non-hydrogen) atoms. The maximum Gasteiger partial charge on any atom is 0.223 e.